The number of ether oxygens (including phenoxy) is 2. The minimum absolute atomic E-state index is 0.0552. The predicted octanol–water partition coefficient (Wildman–Crippen LogP) is 1.85. The van der Waals surface area contributed by atoms with Crippen molar-refractivity contribution in [3.63, 3.8) is 0 Å². The van der Waals surface area contributed by atoms with Gasteiger partial charge in [0.15, 0.2) is 11.5 Å². The van der Waals surface area contributed by atoms with Crippen molar-refractivity contribution in [2.24, 2.45) is 0 Å². The zero-order valence-corrected chi connectivity index (χ0v) is 11.9. The van der Waals surface area contributed by atoms with Crippen LogP contribution in [0.1, 0.15) is 17.2 Å². The van der Waals surface area contributed by atoms with Crippen LogP contribution in [0.15, 0.2) is 30.3 Å². The van der Waals surface area contributed by atoms with E-state index in [2.05, 4.69) is 0 Å². The Morgan fingerprint density at radius 1 is 1.09 bits per heavy atom. The van der Waals surface area contributed by atoms with Crippen LogP contribution in [0.5, 0.6) is 28.7 Å². The third kappa shape index (κ3) is 2.37. The lowest BCUT2D eigenvalue weighted by Gasteiger charge is -2.31. The summed E-state index contributed by atoms with van der Waals surface area (Å²) in [4.78, 5) is 0. The summed E-state index contributed by atoms with van der Waals surface area (Å²) in [5, 5.41) is 39.5. The van der Waals surface area contributed by atoms with Crippen molar-refractivity contribution in [1.29, 1.82) is 0 Å². The van der Waals surface area contributed by atoms with Crippen LogP contribution in [-0.2, 0) is 6.42 Å². The largest absolute Gasteiger partial charge is 0.508 e. The molecule has 0 bridgehead atoms. The van der Waals surface area contributed by atoms with Gasteiger partial charge in [0.25, 0.3) is 0 Å². The van der Waals surface area contributed by atoms with E-state index in [0.29, 0.717) is 22.6 Å². The highest BCUT2D eigenvalue weighted by Gasteiger charge is 2.32. The van der Waals surface area contributed by atoms with Gasteiger partial charge in [-0.3, -0.25) is 0 Å². The van der Waals surface area contributed by atoms with Crippen LogP contribution in [-0.4, -0.2) is 33.6 Å². The van der Waals surface area contributed by atoms with E-state index in [1.54, 1.807) is 12.1 Å². The van der Waals surface area contributed by atoms with Crippen molar-refractivity contribution in [2.45, 2.75) is 18.6 Å². The summed E-state index contributed by atoms with van der Waals surface area (Å²) in [6, 6.07) is 7.31. The van der Waals surface area contributed by atoms with Crippen LogP contribution in [0, 0.1) is 0 Å². The van der Waals surface area contributed by atoms with E-state index in [9.17, 15) is 20.4 Å². The second-order valence-corrected chi connectivity index (χ2v) is 5.18. The summed E-state index contributed by atoms with van der Waals surface area (Å²) in [7, 11) is 1.45. The molecule has 0 fully saturated rings. The second-order valence-electron chi connectivity index (χ2n) is 5.18. The quantitative estimate of drug-likeness (QED) is 0.676. The molecule has 4 N–H and O–H groups in total. The van der Waals surface area contributed by atoms with Crippen LogP contribution >= 0.6 is 0 Å². The van der Waals surface area contributed by atoms with E-state index >= 15 is 0 Å². The third-order valence-corrected chi connectivity index (χ3v) is 3.72. The average molecular weight is 304 g/mol. The Kier molecular flexibility index (Phi) is 3.46. The van der Waals surface area contributed by atoms with Gasteiger partial charge in [0, 0.05) is 24.1 Å². The summed E-state index contributed by atoms with van der Waals surface area (Å²) >= 11 is 0. The fraction of sp³-hybridized carbons (Fsp3) is 0.250. The van der Waals surface area contributed by atoms with E-state index in [0.717, 1.165) is 0 Å². The molecule has 0 saturated carbocycles. The summed E-state index contributed by atoms with van der Waals surface area (Å²) in [5.41, 5.74) is 1.01. The minimum Gasteiger partial charge on any atom is -0.508 e. The molecular weight excluding hydrogens is 288 g/mol. The van der Waals surface area contributed by atoms with Crippen molar-refractivity contribution in [1.82, 2.24) is 0 Å². The molecule has 6 heteroatoms. The molecule has 1 aliphatic heterocycles. The van der Waals surface area contributed by atoms with Gasteiger partial charge in [0.05, 0.1) is 13.2 Å². The van der Waals surface area contributed by atoms with Gasteiger partial charge >= 0.3 is 0 Å². The van der Waals surface area contributed by atoms with Gasteiger partial charge in [-0.2, -0.15) is 0 Å². The summed E-state index contributed by atoms with van der Waals surface area (Å²) in [5.74, 6) is 0.335. The van der Waals surface area contributed by atoms with Crippen LogP contribution in [0.3, 0.4) is 0 Å². The number of hydrogen-bond acceptors (Lipinski definition) is 6. The van der Waals surface area contributed by atoms with E-state index in [1.165, 1.54) is 25.3 Å². The molecule has 1 aliphatic rings. The second kappa shape index (κ2) is 5.31. The van der Waals surface area contributed by atoms with E-state index < -0.39 is 12.2 Å². The van der Waals surface area contributed by atoms with Gasteiger partial charge in [-0.25, -0.2) is 0 Å². The molecule has 0 radical (unpaired) electrons. The Bertz CT molecular complexity index is 712. The number of phenolic OH excluding ortho intramolecular Hbond substituents is 3. The smallest absolute Gasteiger partial charge is 0.160 e. The molecule has 2 aromatic rings. The maximum atomic E-state index is 10.3. The van der Waals surface area contributed by atoms with Crippen LogP contribution in [0.25, 0.3) is 0 Å². The fourth-order valence-electron chi connectivity index (χ4n) is 2.63. The first-order valence-corrected chi connectivity index (χ1v) is 6.76. The monoisotopic (exact) mass is 304 g/mol. The minimum atomic E-state index is -0.893. The number of rotatable bonds is 2. The number of aromatic hydroxyl groups is 3. The Morgan fingerprint density at radius 3 is 2.55 bits per heavy atom. The first-order valence-electron chi connectivity index (χ1n) is 6.76. The van der Waals surface area contributed by atoms with Crippen molar-refractivity contribution in [3.05, 3.63) is 41.5 Å². The molecule has 2 unspecified atom stereocenters. The molecule has 0 aromatic heterocycles. The normalized spacial score (nSPS) is 20.1. The lowest BCUT2D eigenvalue weighted by Crippen LogP contribution is -2.30. The summed E-state index contributed by atoms with van der Waals surface area (Å²) < 4.78 is 10.7. The molecule has 2 aromatic carbocycles. The van der Waals surface area contributed by atoms with Crippen molar-refractivity contribution in [2.75, 3.05) is 7.11 Å². The van der Waals surface area contributed by atoms with Gasteiger partial charge in [0.2, 0.25) is 0 Å². The topological polar surface area (TPSA) is 99.4 Å². The molecule has 0 spiro atoms. The summed E-state index contributed by atoms with van der Waals surface area (Å²) in [6.45, 7) is 0. The van der Waals surface area contributed by atoms with Gasteiger partial charge in [-0.1, -0.05) is 6.07 Å². The Morgan fingerprint density at radius 2 is 1.86 bits per heavy atom. The molecule has 22 heavy (non-hydrogen) atoms. The van der Waals surface area contributed by atoms with Crippen LogP contribution < -0.4 is 9.47 Å². The van der Waals surface area contributed by atoms with Gasteiger partial charge in [-0.05, 0) is 17.7 Å². The van der Waals surface area contributed by atoms with Crippen LogP contribution in [0.2, 0.25) is 0 Å². The molecule has 0 aliphatic carbocycles. The Balaban J connectivity index is 1.97. The van der Waals surface area contributed by atoms with Crippen LogP contribution in [0.4, 0.5) is 0 Å². The number of fused-ring (bicyclic) bond motifs is 1. The zero-order valence-electron chi connectivity index (χ0n) is 11.9. The van der Waals surface area contributed by atoms with Crippen molar-refractivity contribution in [3.8, 4) is 28.7 Å². The molecule has 6 nitrogen and oxygen atoms in total. The molecule has 116 valence electrons. The molecule has 2 atom stereocenters. The van der Waals surface area contributed by atoms with E-state index in [1.807, 2.05) is 0 Å². The number of phenols is 3. The Hall–Kier alpha value is -2.60. The number of aliphatic hydroxyl groups is 1. The number of hydrogen-bond donors (Lipinski definition) is 4. The fourth-order valence-corrected chi connectivity index (χ4v) is 2.63. The third-order valence-electron chi connectivity index (χ3n) is 3.72. The van der Waals surface area contributed by atoms with Gasteiger partial charge in [0.1, 0.15) is 23.4 Å². The Labute approximate surface area is 126 Å². The van der Waals surface area contributed by atoms with Crippen molar-refractivity contribution < 1.29 is 29.9 Å². The zero-order chi connectivity index (χ0) is 15.9. The maximum Gasteiger partial charge on any atom is 0.160 e. The van der Waals surface area contributed by atoms with Gasteiger partial charge in [-0.15, -0.1) is 0 Å². The highest BCUT2D eigenvalue weighted by atomic mass is 16.5. The lowest BCUT2D eigenvalue weighted by molar-refractivity contribution is 0.0197. The van der Waals surface area contributed by atoms with Gasteiger partial charge < -0.3 is 29.9 Å². The first kappa shape index (κ1) is 14.3. The highest BCUT2D eigenvalue weighted by Crippen LogP contribution is 2.42. The standard InChI is InChI=1S/C16H16O6/c1-21-14-3-2-8(4-12(14)19)16-13(20)7-10-11(18)5-9(17)6-15(10)22-16/h2-6,13,16-20H,7H2,1H3. The van der Waals surface area contributed by atoms with E-state index in [-0.39, 0.29) is 23.7 Å². The highest BCUT2D eigenvalue weighted by molar-refractivity contribution is 5.52. The predicted molar refractivity (Wildman–Crippen MR) is 77.5 cm³/mol. The summed E-state index contributed by atoms with van der Waals surface area (Å²) in [6.07, 6.45) is -1.43. The van der Waals surface area contributed by atoms with Crippen molar-refractivity contribution >= 4 is 0 Å². The SMILES string of the molecule is COc1ccc(C2Oc3cc(O)cc(O)c3CC2O)cc1O. The maximum absolute atomic E-state index is 10.3. The number of benzene rings is 2. The lowest BCUT2D eigenvalue weighted by atomic mass is 9.94. The molecule has 1 heterocycles. The molecule has 3 rings (SSSR count). The average Bonchev–Trinajstić information content (AvgIpc) is 2.47. The first-order chi connectivity index (χ1) is 10.5. The molecular formula is C16H16O6. The number of methoxy groups -OCH3 is 1. The molecule has 0 saturated heterocycles. The molecule has 0 amide bonds. The van der Waals surface area contributed by atoms with E-state index in [4.69, 9.17) is 9.47 Å². The number of aliphatic hydroxyl groups excluding tert-OH is 1.